The van der Waals surface area contributed by atoms with Crippen molar-refractivity contribution in [1.29, 1.82) is 0 Å². The summed E-state index contributed by atoms with van der Waals surface area (Å²) in [6.45, 7) is 0.368. The minimum Gasteiger partial charge on any atom is -0.459 e. The molecule has 0 saturated carbocycles. The van der Waals surface area contributed by atoms with E-state index in [1.807, 2.05) is 12.1 Å². The van der Waals surface area contributed by atoms with Gasteiger partial charge in [0.05, 0.1) is 0 Å². The number of rotatable bonds is 3. The monoisotopic (exact) mass is 313 g/mol. The van der Waals surface area contributed by atoms with Gasteiger partial charge in [-0.1, -0.05) is 23.7 Å². The van der Waals surface area contributed by atoms with Crippen molar-refractivity contribution in [3.8, 4) is 6.01 Å². The van der Waals surface area contributed by atoms with E-state index in [1.165, 1.54) is 0 Å². The van der Waals surface area contributed by atoms with Crippen LogP contribution >= 0.6 is 27.5 Å². The Kier molecular flexibility index (Phi) is 3.81. The molecular formula is C11H9BrClN3O. The summed E-state index contributed by atoms with van der Waals surface area (Å²) in [5.41, 5.74) is 6.55. The zero-order chi connectivity index (χ0) is 12.3. The van der Waals surface area contributed by atoms with Crippen molar-refractivity contribution >= 4 is 33.3 Å². The minimum absolute atomic E-state index is 0.242. The molecule has 2 rings (SSSR count). The van der Waals surface area contributed by atoms with Crippen molar-refractivity contribution in [2.45, 2.75) is 6.61 Å². The zero-order valence-electron chi connectivity index (χ0n) is 8.73. The van der Waals surface area contributed by atoms with Gasteiger partial charge in [0.15, 0.2) is 0 Å². The van der Waals surface area contributed by atoms with Gasteiger partial charge in [-0.15, -0.1) is 0 Å². The number of hydrogen-bond acceptors (Lipinski definition) is 4. The molecule has 0 fully saturated rings. The van der Waals surface area contributed by atoms with Crippen LogP contribution in [-0.4, -0.2) is 9.97 Å². The number of nitrogens with two attached hydrogens (primary N) is 1. The van der Waals surface area contributed by atoms with Crippen LogP contribution in [0.3, 0.4) is 0 Å². The van der Waals surface area contributed by atoms with Crippen LogP contribution in [0.4, 0.5) is 5.82 Å². The van der Waals surface area contributed by atoms with E-state index in [4.69, 9.17) is 22.1 Å². The number of anilines is 1. The summed E-state index contributed by atoms with van der Waals surface area (Å²) in [5, 5.41) is 0.691. The second-order valence-corrected chi connectivity index (χ2v) is 4.56. The third kappa shape index (κ3) is 3.57. The summed E-state index contributed by atoms with van der Waals surface area (Å²) < 4.78 is 6.01. The fourth-order valence-corrected chi connectivity index (χ4v) is 1.72. The highest BCUT2D eigenvalue weighted by atomic mass is 79.9. The number of ether oxygens (including phenoxy) is 1. The molecule has 1 aromatic heterocycles. The lowest BCUT2D eigenvalue weighted by atomic mass is 10.2. The Bertz CT molecular complexity index is 498. The van der Waals surface area contributed by atoms with E-state index < -0.39 is 0 Å². The van der Waals surface area contributed by atoms with Crippen molar-refractivity contribution in [2.24, 2.45) is 0 Å². The molecule has 0 spiro atoms. The van der Waals surface area contributed by atoms with E-state index in [1.54, 1.807) is 18.2 Å². The van der Waals surface area contributed by atoms with Crippen molar-refractivity contribution in [3.63, 3.8) is 0 Å². The third-order valence-electron chi connectivity index (χ3n) is 1.98. The largest absolute Gasteiger partial charge is 0.459 e. The Morgan fingerprint density at radius 1 is 1.24 bits per heavy atom. The van der Waals surface area contributed by atoms with Gasteiger partial charge in [0.2, 0.25) is 0 Å². The SMILES string of the molecule is Nc1cc(Br)nc(OCc2ccc(Cl)cc2)n1. The summed E-state index contributed by atoms with van der Waals surface area (Å²) >= 11 is 9.00. The number of halogens is 2. The Morgan fingerprint density at radius 3 is 2.59 bits per heavy atom. The molecule has 2 N–H and O–H groups in total. The molecule has 0 aliphatic carbocycles. The van der Waals surface area contributed by atoms with Crippen LogP contribution in [0.2, 0.25) is 5.02 Å². The van der Waals surface area contributed by atoms with Crippen molar-refractivity contribution in [1.82, 2.24) is 9.97 Å². The number of hydrogen-bond donors (Lipinski definition) is 1. The smallest absolute Gasteiger partial charge is 0.319 e. The Balaban J connectivity index is 2.04. The molecule has 2 aromatic rings. The molecule has 4 nitrogen and oxygen atoms in total. The van der Waals surface area contributed by atoms with Crippen molar-refractivity contribution < 1.29 is 4.74 Å². The van der Waals surface area contributed by atoms with E-state index in [2.05, 4.69) is 25.9 Å². The summed E-state index contributed by atoms with van der Waals surface area (Å²) in [4.78, 5) is 8.00. The van der Waals surface area contributed by atoms with Crippen LogP contribution in [0.25, 0.3) is 0 Å². The van der Waals surface area contributed by atoms with Gasteiger partial charge in [0.1, 0.15) is 17.0 Å². The summed E-state index contributed by atoms with van der Waals surface area (Å²) in [6.07, 6.45) is 0. The molecule has 1 heterocycles. The average Bonchev–Trinajstić information content (AvgIpc) is 2.27. The van der Waals surface area contributed by atoms with Gasteiger partial charge >= 0.3 is 6.01 Å². The van der Waals surface area contributed by atoms with E-state index in [0.29, 0.717) is 22.1 Å². The van der Waals surface area contributed by atoms with Gasteiger partial charge in [0, 0.05) is 11.1 Å². The maximum absolute atomic E-state index is 5.78. The fraction of sp³-hybridized carbons (Fsp3) is 0.0909. The fourth-order valence-electron chi connectivity index (χ4n) is 1.21. The maximum Gasteiger partial charge on any atom is 0.319 e. The van der Waals surface area contributed by atoms with E-state index in [0.717, 1.165) is 5.56 Å². The zero-order valence-corrected chi connectivity index (χ0v) is 11.1. The van der Waals surface area contributed by atoms with Crippen molar-refractivity contribution in [3.05, 3.63) is 45.5 Å². The third-order valence-corrected chi connectivity index (χ3v) is 2.63. The molecule has 0 saturated heterocycles. The molecule has 0 aliphatic heterocycles. The molecule has 0 unspecified atom stereocenters. The molecule has 0 aliphatic rings. The van der Waals surface area contributed by atoms with Gasteiger partial charge in [0.25, 0.3) is 0 Å². The van der Waals surface area contributed by atoms with Crippen LogP contribution < -0.4 is 10.5 Å². The molecule has 88 valence electrons. The Morgan fingerprint density at radius 2 is 1.94 bits per heavy atom. The summed E-state index contributed by atoms with van der Waals surface area (Å²) in [7, 11) is 0. The van der Waals surface area contributed by atoms with E-state index >= 15 is 0 Å². The highest BCUT2D eigenvalue weighted by molar-refractivity contribution is 9.10. The highest BCUT2D eigenvalue weighted by Crippen LogP contribution is 2.16. The number of benzene rings is 1. The molecule has 1 aromatic carbocycles. The Labute approximate surface area is 112 Å². The lowest BCUT2D eigenvalue weighted by molar-refractivity contribution is 0.280. The molecular weight excluding hydrogens is 305 g/mol. The van der Waals surface area contributed by atoms with Crippen LogP contribution in [0.15, 0.2) is 34.9 Å². The van der Waals surface area contributed by atoms with Gasteiger partial charge < -0.3 is 10.5 Å². The van der Waals surface area contributed by atoms with E-state index in [9.17, 15) is 0 Å². The quantitative estimate of drug-likeness (QED) is 0.885. The molecule has 0 atom stereocenters. The Hall–Kier alpha value is -1.33. The van der Waals surface area contributed by atoms with Crippen molar-refractivity contribution in [2.75, 3.05) is 5.73 Å². The number of nitrogen functional groups attached to an aromatic ring is 1. The predicted molar refractivity (Wildman–Crippen MR) is 69.9 cm³/mol. The maximum atomic E-state index is 5.78. The molecule has 0 amide bonds. The van der Waals surface area contributed by atoms with Gasteiger partial charge in [-0.2, -0.15) is 9.97 Å². The number of nitrogens with zero attached hydrogens (tertiary/aromatic N) is 2. The van der Waals surface area contributed by atoms with Gasteiger partial charge in [-0.05, 0) is 33.6 Å². The average molecular weight is 315 g/mol. The second kappa shape index (κ2) is 5.33. The number of aromatic nitrogens is 2. The lowest BCUT2D eigenvalue weighted by Gasteiger charge is -2.05. The molecule has 0 bridgehead atoms. The first-order valence-corrected chi connectivity index (χ1v) is 5.98. The first kappa shape index (κ1) is 12.1. The topological polar surface area (TPSA) is 61.0 Å². The van der Waals surface area contributed by atoms with Crippen LogP contribution in [-0.2, 0) is 6.61 Å². The first-order valence-electron chi connectivity index (χ1n) is 4.81. The molecule has 6 heteroatoms. The van der Waals surface area contributed by atoms with E-state index in [-0.39, 0.29) is 6.01 Å². The summed E-state index contributed by atoms with van der Waals surface area (Å²) in [6, 6.07) is 9.21. The van der Waals surface area contributed by atoms with Gasteiger partial charge in [-0.3, -0.25) is 0 Å². The van der Waals surface area contributed by atoms with Crippen LogP contribution in [0.5, 0.6) is 6.01 Å². The first-order chi connectivity index (χ1) is 8.13. The molecule has 17 heavy (non-hydrogen) atoms. The predicted octanol–water partition coefficient (Wildman–Crippen LogP) is 3.05. The molecule has 0 radical (unpaired) electrons. The lowest BCUT2D eigenvalue weighted by Crippen LogP contribution is -2.01. The standard InChI is InChI=1S/C11H9BrClN3O/c12-9-5-10(14)16-11(15-9)17-6-7-1-3-8(13)4-2-7/h1-5H,6H2,(H2,14,15,16). The van der Waals surface area contributed by atoms with Gasteiger partial charge in [-0.25, -0.2) is 0 Å². The van der Waals surface area contributed by atoms with Crippen LogP contribution in [0.1, 0.15) is 5.56 Å². The second-order valence-electron chi connectivity index (χ2n) is 3.31. The minimum atomic E-state index is 0.242. The highest BCUT2D eigenvalue weighted by Gasteiger charge is 2.02. The normalized spacial score (nSPS) is 10.2. The van der Waals surface area contributed by atoms with Crippen LogP contribution in [0, 0.1) is 0 Å². The summed E-state index contributed by atoms with van der Waals surface area (Å²) in [5.74, 6) is 0.359.